The largest absolute Gasteiger partial charge is 0.508 e. The van der Waals surface area contributed by atoms with E-state index in [-0.39, 0.29) is 56.1 Å². The summed E-state index contributed by atoms with van der Waals surface area (Å²) in [5, 5.41) is 16.1. The molecule has 0 aromatic heterocycles. The number of hydrazine groups is 1. The van der Waals surface area contributed by atoms with Gasteiger partial charge in [-0.05, 0) is 53.1 Å². The van der Waals surface area contributed by atoms with Crippen molar-refractivity contribution < 1.29 is 23.9 Å². The van der Waals surface area contributed by atoms with Crippen LogP contribution >= 0.6 is 23.2 Å². The fourth-order valence-electron chi connectivity index (χ4n) is 4.50. The van der Waals surface area contributed by atoms with Gasteiger partial charge in [0.05, 0.1) is 16.6 Å². The Morgan fingerprint density at radius 2 is 1.63 bits per heavy atom. The molecule has 3 aromatic rings. The van der Waals surface area contributed by atoms with Gasteiger partial charge >= 0.3 is 6.03 Å². The Morgan fingerprint density at radius 3 is 2.29 bits per heavy atom. The van der Waals surface area contributed by atoms with Gasteiger partial charge in [-0.3, -0.25) is 9.59 Å². The lowest BCUT2D eigenvalue weighted by molar-refractivity contribution is -0.160. The number of rotatable bonds is 8. The Labute approximate surface area is 247 Å². The lowest BCUT2D eigenvalue weighted by Gasteiger charge is -2.44. The average molecular weight is 602 g/mol. The van der Waals surface area contributed by atoms with Crippen LogP contribution < -0.4 is 5.32 Å². The maximum atomic E-state index is 13.9. The van der Waals surface area contributed by atoms with Crippen molar-refractivity contribution in [3.05, 3.63) is 99.3 Å². The van der Waals surface area contributed by atoms with Gasteiger partial charge in [-0.25, -0.2) is 19.2 Å². The molecule has 0 saturated carbocycles. The number of phenols is 1. The van der Waals surface area contributed by atoms with E-state index < -0.39 is 12.1 Å². The molecule has 1 aliphatic heterocycles. The number of benzene rings is 3. The highest BCUT2D eigenvalue weighted by atomic mass is 35.5. The molecule has 1 atom stereocenters. The minimum Gasteiger partial charge on any atom is -0.508 e. The molecule has 0 spiro atoms. The third-order valence-corrected chi connectivity index (χ3v) is 7.52. The third kappa shape index (κ3) is 7.66. The highest BCUT2D eigenvalue weighted by Crippen LogP contribution is 2.24. The van der Waals surface area contributed by atoms with Crippen LogP contribution in [0, 0.1) is 5.82 Å². The number of likely N-dealkylation sites (N-methyl/N-ethyl adjacent to an activating group) is 2. The zero-order chi connectivity index (χ0) is 29.7. The smallest absolute Gasteiger partial charge is 0.333 e. The number of carbonyl (C=O) groups excluding carboxylic acids is 3. The quantitative estimate of drug-likeness (QED) is 0.402. The van der Waals surface area contributed by atoms with Gasteiger partial charge < -0.3 is 20.2 Å². The minimum absolute atomic E-state index is 0.0769. The zero-order valence-corrected chi connectivity index (χ0v) is 24.1. The Balaban J connectivity index is 1.55. The third-order valence-electron chi connectivity index (χ3n) is 6.78. The lowest BCUT2D eigenvalue weighted by Crippen LogP contribution is -2.65. The van der Waals surface area contributed by atoms with E-state index in [1.807, 2.05) is 0 Å². The fraction of sp³-hybridized carbons (Fsp3) is 0.276. The van der Waals surface area contributed by atoms with Crippen LogP contribution in [0.25, 0.3) is 0 Å². The molecule has 1 heterocycles. The van der Waals surface area contributed by atoms with Gasteiger partial charge in [-0.15, -0.1) is 0 Å². The summed E-state index contributed by atoms with van der Waals surface area (Å²) in [6.45, 7) is 0.0742. The summed E-state index contributed by atoms with van der Waals surface area (Å²) in [6, 6.07) is 15.8. The van der Waals surface area contributed by atoms with Crippen LogP contribution in [0.1, 0.15) is 16.7 Å². The number of aromatic hydroxyl groups is 1. The molecule has 2 N–H and O–H groups in total. The van der Waals surface area contributed by atoms with E-state index in [4.69, 9.17) is 23.2 Å². The summed E-state index contributed by atoms with van der Waals surface area (Å²) < 4.78 is 13.2. The second-order valence-electron chi connectivity index (χ2n) is 9.83. The van der Waals surface area contributed by atoms with E-state index in [0.717, 1.165) is 11.1 Å². The summed E-state index contributed by atoms with van der Waals surface area (Å²) >= 11 is 12.2. The number of urea groups is 1. The van der Waals surface area contributed by atoms with Gasteiger partial charge in [0, 0.05) is 33.6 Å². The standard InChI is InChI=1S/C29H30Cl2FN5O4/c1-34(16-21-7-12-24(30)25(31)13-21)28(40)26(14-19-5-10-23(38)11-6-19)36-18-37(35(2)17-27(36)39)29(41)33-15-20-3-8-22(32)9-4-20/h3-13,26,38H,14-18H2,1-2H3,(H,33,41). The number of halogens is 3. The summed E-state index contributed by atoms with van der Waals surface area (Å²) in [7, 11) is 3.24. The second kappa shape index (κ2) is 13.2. The normalized spacial score (nSPS) is 14.6. The van der Waals surface area contributed by atoms with Gasteiger partial charge in [0.15, 0.2) is 0 Å². The molecule has 1 aliphatic rings. The molecule has 1 saturated heterocycles. The van der Waals surface area contributed by atoms with Crippen molar-refractivity contribution in [2.45, 2.75) is 25.6 Å². The maximum Gasteiger partial charge on any atom is 0.333 e. The number of phenolic OH excluding ortho intramolecular Hbond substituents is 1. The topological polar surface area (TPSA) is 96.4 Å². The molecule has 4 amide bonds. The van der Waals surface area contributed by atoms with Gasteiger partial charge in [-0.1, -0.05) is 53.5 Å². The van der Waals surface area contributed by atoms with Crippen molar-refractivity contribution in [1.29, 1.82) is 0 Å². The van der Waals surface area contributed by atoms with Gasteiger partial charge in [-0.2, -0.15) is 0 Å². The first-order chi connectivity index (χ1) is 19.5. The Hall–Kier alpha value is -3.86. The molecule has 1 fully saturated rings. The van der Waals surface area contributed by atoms with Crippen LogP contribution in [-0.4, -0.2) is 76.1 Å². The molecule has 0 radical (unpaired) electrons. The van der Waals surface area contributed by atoms with Crippen molar-refractivity contribution in [3.63, 3.8) is 0 Å². The molecule has 4 rings (SSSR count). The lowest BCUT2D eigenvalue weighted by atomic mass is 10.0. The molecular formula is C29H30Cl2FN5O4. The van der Waals surface area contributed by atoms with Gasteiger partial charge in [0.25, 0.3) is 0 Å². The predicted octanol–water partition coefficient (Wildman–Crippen LogP) is 4.27. The second-order valence-corrected chi connectivity index (χ2v) is 10.6. The van der Waals surface area contributed by atoms with Crippen molar-refractivity contribution in [2.75, 3.05) is 27.3 Å². The number of hydrogen-bond donors (Lipinski definition) is 2. The van der Waals surface area contributed by atoms with E-state index in [1.54, 1.807) is 56.6 Å². The molecular weight excluding hydrogens is 572 g/mol. The first kappa shape index (κ1) is 30.1. The Bertz CT molecular complexity index is 1410. The summed E-state index contributed by atoms with van der Waals surface area (Å²) in [5.74, 6) is -0.963. The number of nitrogens with one attached hydrogen (secondary N) is 1. The van der Waals surface area contributed by atoms with E-state index in [9.17, 15) is 23.9 Å². The van der Waals surface area contributed by atoms with Crippen molar-refractivity contribution in [1.82, 2.24) is 25.1 Å². The molecule has 12 heteroatoms. The summed E-state index contributed by atoms with van der Waals surface area (Å²) in [5.41, 5.74) is 2.19. The first-order valence-electron chi connectivity index (χ1n) is 12.8. The molecule has 0 aliphatic carbocycles. The van der Waals surface area contributed by atoms with Crippen molar-refractivity contribution >= 4 is 41.0 Å². The Kier molecular flexibility index (Phi) is 9.69. The molecule has 1 unspecified atom stereocenters. The average Bonchev–Trinajstić information content (AvgIpc) is 2.94. The highest BCUT2D eigenvalue weighted by molar-refractivity contribution is 6.42. The highest BCUT2D eigenvalue weighted by Gasteiger charge is 2.39. The minimum atomic E-state index is -0.944. The fourth-order valence-corrected chi connectivity index (χ4v) is 4.82. The van der Waals surface area contributed by atoms with Crippen molar-refractivity contribution in [2.24, 2.45) is 0 Å². The van der Waals surface area contributed by atoms with Crippen LogP contribution in [0.15, 0.2) is 66.7 Å². The van der Waals surface area contributed by atoms with E-state index in [2.05, 4.69) is 5.32 Å². The van der Waals surface area contributed by atoms with Crippen LogP contribution in [0.4, 0.5) is 9.18 Å². The summed E-state index contributed by atoms with van der Waals surface area (Å²) in [4.78, 5) is 43.2. The monoisotopic (exact) mass is 601 g/mol. The predicted molar refractivity (Wildman–Crippen MR) is 153 cm³/mol. The summed E-state index contributed by atoms with van der Waals surface area (Å²) in [6.07, 6.45) is 0.158. The van der Waals surface area contributed by atoms with Gasteiger partial charge in [0.1, 0.15) is 24.3 Å². The van der Waals surface area contributed by atoms with E-state index in [0.29, 0.717) is 15.6 Å². The zero-order valence-electron chi connectivity index (χ0n) is 22.6. The molecule has 216 valence electrons. The maximum absolute atomic E-state index is 13.9. The van der Waals surface area contributed by atoms with Crippen LogP contribution in [0.5, 0.6) is 5.75 Å². The SMILES string of the molecule is CN(Cc1ccc(Cl)c(Cl)c1)C(=O)C(Cc1ccc(O)cc1)N1CN(C(=O)NCc2ccc(F)cc2)N(C)CC1=O. The number of hydrogen-bond acceptors (Lipinski definition) is 5. The van der Waals surface area contributed by atoms with E-state index in [1.165, 1.54) is 44.1 Å². The first-order valence-corrected chi connectivity index (χ1v) is 13.5. The number of nitrogens with zero attached hydrogens (tertiary/aromatic N) is 4. The van der Waals surface area contributed by atoms with E-state index >= 15 is 0 Å². The van der Waals surface area contributed by atoms with Crippen molar-refractivity contribution in [3.8, 4) is 5.75 Å². The number of amides is 4. The Morgan fingerprint density at radius 1 is 1.00 bits per heavy atom. The molecule has 9 nitrogen and oxygen atoms in total. The molecule has 0 bridgehead atoms. The molecule has 3 aromatic carbocycles. The molecule has 41 heavy (non-hydrogen) atoms. The van der Waals surface area contributed by atoms with Crippen LogP contribution in [0.2, 0.25) is 10.0 Å². The van der Waals surface area contributed by atoms with Crippen LogP contribution in [-0.2, 0) is 29.1 Å². The van der Waals surface area contributed by atoms with Gasteiger partial charge in [0.2, 0.25) is 11.8 Å². The van der Waals surface area contributed by atoms with Crippen LogP contribution in [0.3, 0.4) is 0 Å². The number of carbonyl (C=O) groups is 3.